The molecular weight excluding hydrogens is 350 g/mol. The van der Waals surface area contributed by atoms with Crippen molar-refractivity contribution in [1.82, 2.24) is 4.90 Å². The van der Waals surface area contributed by atoms with Gasteiger partial charge in [0.1, 0.15) is 6.04 Å². The van der Waals surface area contributed by atoms with Crippen LogP contribution < -0.4 is 10.6 Å². The van der Waals surface area contributed by atoms with Gasteiger partial charge in [0.2, 0.25) is 11.8 Å². The number of hydrogen-bond acceptors (Lipinski definition) is 3. The van der Waals surface area contributed by atoms with Crippen LogP contribution in [0.5, 0.6) is 0 Å². The van der Waals surface area contributed by atoms with E-state index < -0.39 is 6.04 Å². The molecule has 0 aromatic heterocycles. The molecular formula is C23H31N3O2. The number of aryl methyl sites for hydroxylation is 2. The van der Waals surface area contributed by atoms with Crippen LogP contribution in [0.15, 0.2) is 48.5 Å². The quantitative estimate of drug-likeness (QED) is 0.687. The van der Waals surface area contributed by atoms with Crippen molar-refractivity contribution in [2.24, 2.45) is 0 Å². The number of nitrogens with zero attached hydrogens (tertiary/aromatic N) is 1. The van der Waals surface area contributed by atoms with Gasteiger partial charge in [0.25, 0.3) is 0 Å². The van der Waals surface area contributed by atoms with Crippen LogP contribution in [0.4, 0.5) is 11.4 Å². The summed E-state index contributed by atoms with van der Waals surface area (Å²) < 4.78 is 0. The number of likely N-dealkylation sites (N-methyl/N-ethyl adjacent to an activating group) is 1. The van der Waals surface area contributed by atoms with Crippen LogP contribution in [0.2, 0.25) is 0 Å². The van der Waals surface area contributed by atoms with Crippen LogP contribution in [-0.4, -0.2) is 36.3 Å². The van der Waals surface area contributed by atoms with E-state index in [1.54, 1.807) is 7.05 Å². The first-order valence-corrected chi connectivity index (χ1v) is 9.92. The molecule has 2 aromatic carbocycles. The van der Waals surface area contributed by atoms with Gasteiger partial charge in [-0.25, -0.2) is 0 Å². The summed E-state index contributed by atoms with van der Waals surface area (Å²) in [5.41, 5.74) is 4.06. The highest BCUT2D eigenvalue weighted by Gasteiger charge is 2.19. The second-order valence-corrected chi connectivity index (χ2v) is 7.07. The summed E-state index contributed by atoms with van der Waals surface area (Å²) in [5.74, 6) is -0.329. The van der Waals surface area contributed by atoms with Crippen LogP contribution >= 0.6 is 0 Å². The lowest BCUT2D eigenvalue weighted by Gasteiger charge is -2.22. The maximum absolute atomic E-state index is 12.6. The molecule has 0 aliphatic carbocycles. The first-order chi connectivity index (χ1) is 13.4. The summed E-state index contributed by atoms with van der Waals surface area (Å²) in [6, 6.07) is 15.4. The van der Waals surface area contributed by atoms with Crippen molar-refractivity contribution in [3.8, 4) is 0 Å². The van der Waals surface area contributed by atoms with Gasteiger partial charge >= 0.3 is 0 Å². The second-order valence-electron chi connectivity index (χ2n) is 7.07. The Morgan fingerprint density at radius 3 is 2.36 bits per heavy atom. The molecule has 0 spiro atoms. The van der Waals surface area contributed by atoms with Crippen molar-refractivity contribution in [3.63, 3.8) is 0 Å². The highest BCUT2D eigenvalue weighted by molar-refractivity contribution is 5.96. The minimum atomic E-state index is -0.419. The maximum atomic E-state index is 12.6. The lowest BCUT2D eigenvalue weighted by atomic mass is 10.1. The predicted octanol–water partition coefficient (Wildman–Crippen LogP) is 4.10. The number of nitrogens with one attached hydrogen (secondary N) is 2. The topological polar surface area (TPSA) is 61.4 Å². The minimum Gasteiger partial charge on any atom is -0.374 e. The zero-order chi connectivity index (χ0) is 20.5. The van der Waals surface area contributed by atoms with E-state index in [0.29, 0.717) is 0 Å². The summed E-state index contributed by atoms with van der Waals surface area (Å²) in [6.07, 6.45) is 2.99. The van der Waals surface area contributed by atoms with E-state index in [0.717, 1.165) is 36.2 Å². The van der Waals surface area contributed by atoms with E-state index >= 15 is 0 Å². The molecule has 0 fully saturated rings. The lowest BCUT2D eigenvalue weighted by molar-refractivity contribution is -0.133. The Morgan fingerprint density at radius 2 is 1.71 bits per heavy atom. The molecule has 5 nitrogen and oxygen atoms in total. The zero-order valence-electron chi connectivity index (χ0n) is 17.3. The first-order valence-electron chi connectivity index (χ1n) is 9.92. The highest BCUT2D eigenvalue weighted by atomic mass is 16.2. The van der Waals surface area contributed by atoms with E-state index in [4.69, 9.17) is 0 Å². The van der Waals surface area contributed by atoms with Crippen molar-refractivity contribution < 1.29 is 9.59 Å². The van der Waals surface area contributed by atoms with Gasteiger partial charge in [-0.1, -0.05) is 50.6 Å². The monoisotopic (exact) mass is 381 g/mol. The largest absolute Gasteiger partial charge is 0.374 e. The standard InChI is InChI=1S/C23H31N3O2/c1-5-9-18-12-14-20(15-13-18)24-17(3)23(28)26(4)16-22(27)25-21-11-8-7-10-19(21)6-2/h7-8,10-15,17,24H,5-6,9,16H2,1-4H3,(H,25,27). The molecule has 0 heterocycles. The van der Waals surface area contributed by atoms with Gasteiger partial charge in [-0.05, 0) is 49.1 Å². The van der Waals surface area contributed by atoms with Gasteiger partial charge in [-0.3, -0.25) is 9.59 Å². The fourth-order valence-corrected chi connectivity index (χ4v) is 3.13. The van der Waals surface area contributed by atoms with Crippen LogP contribution in [0.25, 0.3) is 0 Å². The SMILES string of the molecule is CCCc1ccc(NC(C)C(=O)N(C)CC(=O)Nc2ccccc2CC)cc1. The van der Waals surface area contributed by atoms with E-state index in [2.05, 4.69) is 29.7 Å². The van der Waals surface area contributed by atoms with Crippen molar-refractivity contribution >= 4 is 23.2 Å². The van der Waals surface area contributed by atoms with Gasteiger partial charge in [0.05, 0.1) is 6.54 Å². The molecule has 1 unspecified atom stereocenters. The minimum absolute atomic E-state index is 0.0122. The molecule has 0 radical (unpaired) electrons. The van der Waals surface area contributed by atoms with Gasteiger partial charge in [-0.2, -0.15) is 0 Å². The van der Waals surface area contributed by atoms with Crippen LogP contribution in [0, 0.1) is 0 Å². The molecule has 1 atom stereocenters. The molecule has 0 aliphatic heterocycles. The van der Waals surface area contributed by atoms with Crippen LogP contribution in [0.3, 0.4) is 0 Å². The molecule has 0 saturated heterocycles. The highest BCUT2D eigenvalue weighted by Crippen LogP contribution is 2.16. The molecule has 2 aromatic rings. The summed E-state index contributed by atoms with van der Waals surface area (Å²) in [5, 5.41) is 6.11. The smallest absolute Gasteiger partial charge is 0.244 e. The van der Waals surface area contributed by atoms with Crippen LogP contribution in [-0.2, 0) is 22.4 Å². The molecule has 150 valence electrons. The van der Waals surface area contributed by atoms with E-state index in [-0.39, 0.29) is 18.4 Å². The molecule has 5 heteroatoms. The van der Waals surface area contributed by atoms with Gasteiger partial charge in [0.15, 0.2) is 0 Å². The Balaban J connectivity index is 1.89. The molecule has 2 N–H and O–H groups in total. The zero-order valence-corrected chi connectivity index (χ0v) is 17.3. The third-order valence-electron chi connectivity index (χ3n) is 4.68. The van der Waals surface area contributed by atoms with Gasteiger partial charge < -0.3 is 15.5 Å². The van der Waals surface area contributed by atoms with Crippen molar-refractivity contribution in [2.45, 2.75) is 46.1 Å². The van der Waals surface area contributed by atoms with E-state index in [1.165, 1.54) is 10.5 Å². The van der Waals surface area contributed by atoms with Crippen molar-refractivity contribution in [3.05, 3.63) is 59.7 Å². The van der Waals surface area contributed by atoms with E-state index in [9.17, 15) is 9.59 Å². The van der Waals surface area contributed by atoms with Crippen molar-refractivity contribution in [1.29, 1.82) is 0 Å². The average molecular weight is 382 g/mol. The van der Waals surface area contributed by atoms with Gasteiger partial charge in [-0.15, -0.1) is 0 Å². The summed E-state index contributed by atoms with van der Waals surface area (Å²) in [7, 11) is 1.65. The second kappa shape index (κ2) is 10.5. The molecule has 0 bridgehead atoms. The van der Waals surface area contributed by atoms with Gasteiger partial charge in [0, 0.05) is 18.4 Å². The Labute approximate surface area is 168 Å². The summed E-state index contributed by atoms with van der Waals surface area (Å²) in [6.45, 7) is 6.02. The molecule has 28 heavy (non-hydrogen) atoms. The lowest BCUT2D eigenvalue weighted by Crippen LogP contribution is -2.42. The Bertz CT molecular complexity index is 787. The van der Waals surface area contributed by atoms with Crippen molar-refractivity contribution in [2.75, 3.05) is 24.2 Å². The summed E-state index contributed by atoms with van der Waals surface area (Å²) >= 11 is 0. The number of hydrogen-bond donors (Lipinski definition) is 2. The molecule has 2 rings (SSSR count). The number of benzene rings is 2. The average Bonchev–Trinajstić information content (AvgIpc) is 2.69. The normalized spacial score (nSPS) is 11.6. The number of rotatable bonds is 9. The number of carbonyl (C=O) groups excluding carboxylic acids is 2. The molecule has 2 amide bonds. The third-order valence-corrected chi connectivity index (χ3v) is 4.68. The Kier molecular flexibility index (Phi) is 8.05. The number of para-hydroxylation sites is 1. The Morgan fingerprint density at radius 1 is 1.04 bits per heavy atom. The molecule has 0 saturated carbocycles. The molecule has 0 aliphatic rings. The van der Waals surface area contributed by atoms with E-state index in [1.807, 2.05) is 50.2 Å². The fraction of sp³-hybridized carbons (Fsp3) is 0.391. The summed E-state index contributed by atoms with van der Waals surface area (Å²) in [4.78, 5) is 26.4. The Hall–Kier alpha value is -2.82. The van der Waals surface area contributed by atoms with Crippen LogP contribution in [0.1, 0.15) is 38.3 Å². The fourth-order valence-electron chi connectivity index (χ4n) is 3.13. The predicted molar refractivity (Wildman–Crippen MR) is 116 cm³/mol. The maximum Gasteiger partial charge on any atom is 0.244 e. The third kappa shape index (κ3) is 6.12. The number of carbonyl (C=O) groups is 2. The number of anilines is 2. The number of amides is 2. The first kappa shape index (κ1) is 21.5.